The number of carbonyl (C=O) groups excluding carboxylic acids is 3. The van der Waals surface area contributed by atoms with Crippen molar-refractivity contribution in [2.24, 2.45) is 0 Å². The lowest BCUT2D eigenvalue weighted by molar-refractivity contribution is -0.115. The number of nitrogens with zero attached hydrogens (tertiary/aromatic N) is 2. The van der Waals surface area contributed by atoms with E-state index in [9.17, 15) is 14.4 Å². The van der Waals surface area contributed by atoms with E-state index in [1.165, 1.54) is 23.2 Å². The van der Waals surface area contributed by atoms with Crippen molar-refractivity contribution in [1.82, 2.24) is 4.98 Å². The summed E-state index contributed by atoms with van der Waals surface area (Å²) in [5, 5.41) is 2.23. The maximum Gasteiger partial charge on any atom is 0.339 e. The van der Waals surface area contributed by atoms with Gasteiger partial charge in [0.25, 0.3) is 0 Å². The number of esters is 1. The summed E-state index contributed by atoms with van der Waals surface area (Å²) < 4.78 is 5.49. The minimum atomic E-state index is -0.612. The molecular formula is C28H24N2O4S. The van der Waals surface area contributed by atoms with Gasteiger partial charge in [-0.05, 0) is 49.2 Å². The van der Waals surface area contributed by atoms with Gasteiger partial charge in [0.15, 0.2) is 10.9 Å². The number of hydrogen-bond acceptors (Lipinski definition) is 6. The van der Waals surface area contributed by atoms with Gasteiger partial charge in [0.2, 0.25) is 5.91 Å². The van der Waals surface area contributed by atoms with Crippen LogP contribution in [0.3, 0.4) is 0 Å². The lowest BCUT2D eigenvalue weighted by Crippen LogP contribution is -2.22. The first-order valence-corrected chi connectivity index (χ1v) is 11.9. The molecule has 0 radical (unpaired) electrons. The largest absolute Gasteiger partial charge is 0.456 e. The second-order valence-electron chi connectivity index (χ2n) is 8.06. The molecule has 6 nitrogen and oxygen atoms in total. The lowest BCUT2D eigenvalue weighted by Gasteiger charge is -2.17. The fourth-order valence-electron chi connectivity index (χ4n) is 3.58. The van der Waals surface area contributed by atoms with E-state index in [0.717, 1.165) is 11.1 Å². The van der Waals surface area contributed by atoms with Crippen LogP contribution < -0.4 is 4.90 Å². The van der Waals surface area contributed by atoms with Crippen molar-refractivity contribution in [3.05, 3.63) is 112 Å². The third-order valence-electron chi connectivity index (χ3n) is 5.57. The minimum Gasteiger partial charge on any atom is -0.456 e. The number of aryl methyl sites for hydroxylation is 2. The smallest absolute Gasteiger partial charge is 0.339 e. The zero-order valence-corrected chi connectivity index (χ0v) is 20.5. The zero-order valence-electron chi connectivity index (χ0n) is 19.6. The number of anilines is 2. The Balaban J connectivity index is 1.50. The molecule has 4 rings (SSSR count). The molecule has 7 heteroatoms. The summed E-state index contributed by atoms with van der Waals surface area (Å²) in [7, 11) is 0. The molecule has 0 saturated carbocycles. The van der Waals surface area contributed by atoms with Crippen LogP contribution >= 0.6 is 11.3 Å². The predicted octanol–water partition coefficient (Wildman–Crippen LogP) is 6.03. The van der Waals surface area contributed by atoms with Crippen molar-refractivity contribution in [3.63, 3.8) is 0 Å². The first-order chi connectivity index (χ1) is 16.8. The molecule has 35 heavy (non-hydrogen) atoms. The van der Waals surface area contributed by atoms with Crippen LogP contribution in [0.25, 0.3) is 0 Å². The van der Waals surface area contributed by atoms with E-state index in [0.29, 0.717) is 22.1 Å². The molecular weight excluding hydrogens is 460 g/mol. The Morgan fingerprint density at radius 1 is 0.886 bits per heavy atom. The number of ketones is 1. The molecule has 0 aliphatic heterocycles. The summed E-state index contributed by atoms with van der Waals surface area (Å²) in [4.78, 5) is 44.3. The Bertz CT molecular complexity index is 1400. The molecule has 3 aromatic carbocycles. The summed E-state index contributed by atoms with van der Waals surface area (Å²) in [6.07, 6.45) is 0. The van der Waals surface area contributed by atoms with Crippen molar-refractivity contribution in [3.8, 4) is 0 Å². The Labute approximate surface area is 207 Å². The van der Waals surface area contributed by atoms with Gasteiger partial charge in [0.1, 0.15) is 6.61 Å². The first-order valence-electron chi connectivity index (χ1n) is 11.0. The van der Waals surface area contributed by atoms with Crippen molar-refractivity contribution in [2.45, 2.75) is 27.4 Å². The lowest BCUT2D eigenvalue weighted by atomic mass is 9.96. The van der Waals surface area contributed by atoms with Crippen molar-refractivity contribution in [1.29, 1.82) is 0 Å². The predicted molar refractivity (Wildman–Crippen MR) is 136 cm³/mol. The standard InChI is InChI=1S/C28H24N2O4S/c1-18-13-14-21(15-19(18)2)26(32)24-11-7-8-12-25(24)27(33)34-16-22-17-35-28(29-22)30(20(3)31)23-9-5-4-6-10-23/h4-15,17H,16H2,1-3H3. The minimum absolute atomic E-state index is 0.0813. The summed E-state index contributed by atoms with van der Waals surface area (Å²) in [5.74, 6) is -1.02. The van der Waals surface area contributed by atoms with Gasteiger partial charge >= 0.3 is 5.97 Å². The maximum atomic E-state index is 13.1. The van der Waals surface area contributed by atoms with Crippen LogP contribution in [-0.4, -0.2) is 22.6 Å². The highest BCUT2D eigenvalue weighted by atomic mass is 32.1. The topological polar surface area (TPSA) is 76.6 Å². The van der Waals surface area contributed by atoms with Gasteiger partial charge in [0.05, 0.1) is 16.9 Å². The number of benzene rings is 3. The molecule has 4 aromatic rings. The Morgan fingerprint density at radius 2 is 1.57 bits per heavy atom. The molecule has 0 N–H and O–H groups in total. The molecule has 0 aliphatic carbocycles. The van der Waals surface area contributed by atoms with E-state index in [1.807, 2.05) is 56.3 Å². The number of aromatic nitrogens is 1. The van der Waals surface area contributed by atoms with Gasteiger partial charge in [0, 0.05) is 23.4 Å². The van der Waals surface area contributed by atoms with Crippen LogP contribution in [-0.2, 0) is 16.1 Å². The molecule has 0 unspecified atom stereocenters. The molecule has 0 atom stereocenters. The van der Waals surface area contributed by atoms with Crippen LogP contribution in [0, 0.1) is 13.8 Å². The normalized spacial score (nSPS) is 10.6. The molecule has 0 fully saturated rings. The molecule has 1 aromatic heterocycles. The fourth-order valence-corrected chi connectivity index (χ4v) is 4.46. The van der Waals surface area contributed by atoms with Crippen molar-refractivity contribution < 1.29 is 19.1 Å². The molecule has 0 saturated heterocycles. The van der Waals surface area contributed by atoms with Crippen LogP contribution in [0.2, 0.25) is 0 Å². The van der Waals surface area contributed by atoms with E-state index < -0.39 is 5.97 Å². The van der Waals surface area contributed by atoms with E-state index in [-0.39, 0.29) is 29.4 Å². The van der Waals surface area contributed by atoms with E-state index in [4.69, 9.17) is 4.74 Å². The van der Waals surface area contributed by atoms with Crippen LogP contribution in [0.1, 0.15) is 50.0 Å². The number of hydrogen-bond donors (Lipinski definition) is 0. The molecule has 1 heterocycles. The maximum absolute atomic E-state index is 13.1. The van der Waals surface area contributed by atoms with E-state index in [1.54, 1.807) is 35.7 Å². The van der Waals surface area contributed by atoms with Gasteiger partial charge in [-0.2, -0.15) is 0 Å². The SMILES string of the molecule is CC(=O)N(c1ccccc1)c1nc(COC(=O)c2ccccc2C(=O)c2ccc(C)c(C)c2)cs1. The number of amides is 1. The number of thiazole rings is 1. The van der Waals surface area contributed by atoms with Gasteiger partial charge in [-0.25, -0.2) is 9.78 Å². The Hall–Kier alpha value is -4.10. The van der Waals surface area contributed by atoms with Crippen LogP contribution in [0.5, 0.6) is 0 Å². The Morgan fingerprint density at radius 3 is 2.26 bits per heavy atom. The summed E-state index contributed by atoms with van der Waals surface area (Å²) in [5.41, 5.74) is 4.31. The summed E-state index contributed by atoms with van der Waals surface area (Å²) >= 11 is 1.28. The van der Waals surface area contributed by atoms with Gasteiger partial charge in [-0.3, -0.25) is 14.5 Å². The summed E-state index contributed by atoms with van der Waals surface area (Å²) in [6, 6.07) is 21.3. The highest BCUT2D eigenvalue weighted by Gasteiger charge is 2.21. The number of ether oxygens (including phenoxy) is 1. The van der Waals surface area contributed by atoms with Gasteiger partial charge < -0.3 is 4.74 Å². The average Bonchev–Trinajstić information content (AvgIpc) is 3.32. The number of rotatable bonds is 7. The van der Waals surface area contributed by atoms with Crippen molar-refractivity contribution >= 4 is 39.8 Å². The molecule has 0 aliphatic rings. The molecule has 0 spiro atoms. The molecule has 176 valence electrons. The highest BCUT2D eigenvalue weighted by molar-refractivity contribution is 7.14. The summed E-state index contributed by atoms with van der Waals surface area (Å²) in [6.45, 7) is 5.31. The fraction of sp³-hybridized carbons (Fsp3) is 0.143. The van der Waals surface area contributed by atoms with Crippen LogP contribution in [0.4, 0.5) is 10.8 Å². The Kier molecular flexibility index (Phi) is 7.17. The quantitative estimate of drug-likeness (QED) is 0.236. The molecule has 1 amide bonds. The van der Waals surface area contributed by atoms with Gasteiger partial charge in [-0.15, -0.1) is 11.3 Å². The monoisotopic (exact) mass is 484 g/mol. The third-order valence-corrected chi connectivity index (χ3v) is 6.45. The zero-order chi connectivity index (χ0) is 24.9. The number of carbonyl (C=O) groups is 3. The first kappa shape index (κ1) is 24.0. The molecule has 0 bridgehead atoms. The van der Waals surface area contributed by atoms with Gasteiger partial charge in [-0.1, -0.05) is 48.5 Å². The second kappa shape index (κ2) is 10.4. The average molecular weight is 485 g/mol. The van der Waals surface area contributed by atoms with E-state index >= 15 is 0 Å². The van der Waals surface area contributed by atoms with Crippen molar-refractivity contribution in [2.75, 3.05) is 4.90 Å². The third kappa shape index (κ3) is 5.36. The highest BCUT2D eigenvalue weighted by Crippen LogP contribution is 2.29. The van der Waals surface area contributed by atoms with E-state index in [2.05, 4.69) is 4.98 Å². The number of para-hydroxylation sites is 1. The van der Waals surface area contributed by atoms with Crippen LogP contribution in [0.15, 0.2) is 78.2 Å². The second-order valence-corrected chi connectivity index (χ2v) is 8.90.